The Morgan fingerprint density at radius 3 is 2.00 bits per heavy atom. The Hall–Kier alpha value is -0.940. The molecular weight excluding hydrogens is 241 g/mol. The lowest BCUT2D eigenvalue weighted by Gasteiger charge is -2.33. The Morgan fingerprint density at radius 1 is 1.18 bits per heavy atom. The Bertz CT molecular complexity index is 474. The SMILES string of the molecule is CCN(C(C)(C)C)S(=O)(=O)c1ccc(F)cc1. The number of hydrogen-bond acceptors (Lipinski definition) is 2. The fourth-order valence-corrected chi connectivity index (χ4v) is 3.53. The molecule has 0 aliphatic carbocycles. The van der Waals surface area contributed by atoms with Crippen LogP contribution in [0.5, 0.6) is 0 Å². The lowest BCUT2D eigenvalue weighted by atomic mass is 10.1. The van der Waals surface area contributed by atoms with Gasteiger partial charge in [-0.15, -0.1) is 0 Å². The summed E-state index contributed by atoms with van der Waals surface area (Å²) in [4.78, 5) is 0.121. The highest BCUT2D eigenvalue weighted by atomic mass is 32.2. The molecule has 3 nitrogen and oxygen atoms in total. The van der Waals surface area contributed by atoms with E-state index in [1.54, 1.807) is 6.92 Å². The van der Waals surface area contributed by atoms with E-state index in [2.05, 4.69) is 0 Å². The topological polar surface area (TPSA) is 37.4 Å². The fourth-order valence-electron chi connectivity index (χ4n) is 1.74. The zero-order valence-electron chi connectivity index (χ0n) is 10.6. The molecule has 0 heterocycles. The predicted molar refractivity (Wildman–Crippen MR) is 65.7 cm³/mol. The third-order valence-corrected chi connectivity index (χ3v) is 4.69. The Kier molecular flexibility index (Phi) is 3.94. The second-order valence-corrected chi connectivity index (χ2v) is 6.66. The largest absolute Gasteiger partial charge is 0.243 e. The minimum absolute atomic E-state index is 0.121. The molecule has 5 heteroatoms. The zero-order chi connectivity index (χ0) is 13.3. The van der Waals surface area contributed by atoms with E-state index in [9.17, 15) is 12.8 Å². The van der Waals surface area contributed by atoms with Gasteiger partial charge in [-0.2, -0.15) is 4.31 Å². The molecule has 1 aromatic rings. The zero-order valence-corrected chi connectivity index (χ0v) is 11.4. The van der Waals surface area contributed by atoms with E-state index in [0.29, 0.717) is 6.54 Å². The molecule has 0 aliphatic heterocycles. The third-order valence-electron chi connectivity index (χ3n) is 2.44. The lowest BCUT2D eigenvalue weighted by molar-refractivity contribution is 0.260. The van der Waals surface area contributed by atoms with Crippen molar-refractivity contribution in [3.63, 3.8) is 0 Å². The second kappa shape index (κ2) is 4.74. The van der Waals surface area contributed by atoms with Crippen LogP contribution in [-0.2, 0) is 10.0 Å². The maximum atomic E-state index is 12.8. The van der Waals surface area contributed by atoms with E-state index in [-0.39, 0.29) is 4.90 Å². The van der Waals surface area contributed by atoms with Gasteiger partial charge in [0.05, 0.1) is 4.90 Å². The molecule has 0 atom stereocenters. The summed E-state index contributed by atoms with van der Waals surface area (Å²) in [6.07, 6.45) is 0. The van der Waals surface area contributed by atoms with Crippen molar-refractivity contribution in [2.24, 2.45) is 0 Å². The number of nitrogens with zero attached hydrogens (tertiary/aromatic N) is 1. The van der Waals surface area contributed by atoms with Crippen LogP contribution < -0.4 is 0 Å². The molecule has 1 rings (SSSR count). The first-order chi connectivity index (χ1) is 7.69. The quantitative estimate of drug-likeness (QED) is 0.837. The maximum Gasteiger partial charge on any atom is 0.243 e. The Labute approximate surface area is 102 Å². The highest BCUT2D eigenvalue weighted by molar-refractivity contribution is 7.89. The summed E-state index contributed by atoms with van der Waals surface area (Å²) in [5, 5.41) is 0. The lowest BCUT2D eigenvalue weighted by Crippen LogP contribution is -2.45. The average molecular weight is 259 g/mol. The van der Waals surface area contributed by atoms with Crippen LogP contribution >= 0.6 is 0 Å². The highest BCUT2D eigenvalue weighted by Gasteiger charge is 2.32. The first-order valence-corrected chi connectivity index (χ1v) is 6.92. The van der Waals surface area contributed by atoms with Gasteiger partial charge in [0.25, 0.3) is 0 Å². The molecule has 0 fully saturated rings. The second-order valence-electron chi connectivity index (χ2n) is 4.79. The smallest absolute Gasteiger partial charge is 0.207 e. The number of rotatable bonds is 3. The van der Waals surface area contributed by atoms with Crippen molar-refractivity contribution in [3.05, 3.63) is 30.1 Å². The van der Waals surface area contributed by atoms with Gasteiger partial charge in [0.2, 0.25) is 10.0 Å². The highest BCUT2D eigenvalue weighted by Crippen LogP contribution is 2.23. The molecule has 0 saturated heterocycles. The van der Waals surface area contributed by atoms with Gasteiger partial charge in [0.1, 0.15) is 5.82 Å². The molecule has 0 radical (unpaired) electrons. The molecule has 0 bridgehead atoms. The summed E-state index contributed by atoms with van der Waals surface area (Å²) in [6.45, 7) is 7.66. The Morgan fingerprint density at radius 2 is 1.65 bits per heavy atom. The molecule has 96 valence electrons. The molecule has 0 saturated carbocycles. The summed E-state index contributed by atoms with van der Waals surface area (Å²) >= 11 is 0. The molecular formula is C12H18FNO2S. The van der Waals surface area contributed by atoms with Crippen molar-refractivity contribution in [3.8, 4) is 0 Å². The monoisotopic (exact) mass is 259 g/mol. The van der Waals surface area contributed by atoms with Gasteiger partial charge in [-0.3, -0.25) is 0 Å². The number of sulfonamides is 1. The standard InChI is InChI=1S/C12H18FNO2S/c1-5-14(12(2,3)4)17(15,16)11-8-6-10(13)7-9-11/h6-9H,5H2,1-4H3. The van der Waals surface area contributed by atoms with E-state index < -0.39 is 21.4 Å². The van der Waals surface area contributed by atoms with Crippen molar-refractivity contribution in [2.75, 3.05) is 6.54 Å². The fraction of sp³-hybridized carbons (Fsp3) is 0.500. The van der Waals surface area contributed by atoms with E-state index >= 15 is 0 Å². The van der Waals surface area contributed by atoms with E-state index in [4.69, 9.17) is 0 Å². The van der Waals surface area contributed by atoms with Crippen LogP contribution in [0.3, 0.4) is 0 Å². The number of benzene rings is 1. The summed E-state index contributed by atoms with van der Waals surface area (Å²) in [7, 11) is -3.56. The van der Waals surface area contributed by atoms with E-state index in [1.807, 2.05) is 20.8 Å². The van der Waals surface area contributed by atoms with E-state index in [1.165, 1.54) is 16.4 Å². The van der Waals surface area contributed by atoms with Crippen LogP contribution in [-0.4, -0.2) is 24.8 Å². The molecule has 17 heavy (non-hydrogen) atoms. The van der Waals surface area contributed by atoms with Gasteiger partial charge in [0.15, 0.2) is 0 Å². The van der Waals surface area contributed by atoms with Gasteiger partial charge in [-0.05, 0) is 45.0 Å². The van der Waals surface area contributed by atoms with Crippen LogP contribution in [0.1, 0.15) is 27.7 Å². The summed E-state index contributed by atoms with van der Waals surface area (Å²) < 4.78 is 38.8. The first kappa shape index (κ1) is 14.1. The molecule has 0 aliphatic rings. The predicted octanol–water partition coefficient (Wildman–Crippen LogP) is 2.63. The average Bonchev–Trinajstić information content (AvgIpc) is 2.16. The van der Waals surface area contributed by atoms with Crippen molar-refractivity contribution >= 4 is 10.0 Å². The van der Waals surface area contributed by atoms with Gasteiger partial charge < -0.3 is 0 Å². The van der Waals surface area contributed by atoms with Crippen LogP contribution in [0.4, 0.5) is 4.39 Å². The Balaban J connectivity index is 3.23. The van der Waals surface area contributed by atoms with Crippen LogP contribution in [0, 0.1) is 5.82 Å². The van der Waals surface area contributed by atoms with Crippen LogP contribution in [0.15, 0.2) is 29.2 Å². The maximum absolute atomic E-state index is 12.8. The number of halogens is 1. The summed E-state index contributed by atoms with van der Waals surface area (Å²) in [5.74, 6) is -0.442. The molecule has 0 aromatic heterocycles. The third kappa shape index (κ3) is 3.04. The van der Waals surface area contributed by atoms with E-state index in [0.717, 1.165) is 12.1 Å². The molecule has 0 N–H and O–H groups in total. The molecule has 0 unspecified atom stereocenters. The van der Waals surface area contributed by atoms with Crippen molar-refractivity contribution in [1.29, 1.82) is 0 Å². The molecule has 0 amide bonds. The molecule has 1 aromatic carbocycles. The van der Waals surface area contributed by atoms with Gasteiger partial charge in [-0.25, -0.2) is 12.8 Å². The van der Waals surface area contributed by atoms with Crippen LogP contribution in [0.2, 0.25) is 0 Å². The van der Waals surface area contributed by atoms with Crippen molar-refractivity contribution in [2.45, 2.75) is 38.1 Å². The minimum atomic E-state index is -3.56. The van der Waals surface area contributed by atoms with Crippen molar-refractivity contribution in [1.82, 2.24) is 4.31 Å². The van der Waals surface area contributed by atoms with Gasteiger partial charge >= 0.3 is 0 Å². The minimum Gasteiger partial charge on any atom is -0.207 e. The van der Waals surface area contributed by atoms with Gasteiger partial charge in [0, 0.05) is 12.1 Å². The van der Waals surface area contributed by atoms with Crippen LogP contribution in [0.25, 0.3) is 0 Å². The summed E-state index contributed by atoms with van der Waals surface area (Å²) in [6, 6.07) is 4.89. The summed E-state index contributed by atoms with van der Waals surface area (Å²) in [5.41, 5.74) is -0.498. The van der Waals surface area contributed by atoms with Crippen molar-refractivity contribution < 1.29 is 12.8 Å². The first-order valence-electron chi connectivity index (χ1n) is 5.48. The number of hydrogen-bond donors (Lipinski definition) is 0. The molecule has 0 spiro atoms. The van der Waals surface area contributed by atoms with Gasteiger partial charge in [-0.1, -0.05) is 6.92 Å². The normalized spacial score (nSPS) is 13.1.